The van der Waals surface area contributed by atoms with Gasteiger partial charge in [0.25, 0.3) is 5.91 Å². The lowest BCUT2D eigenvalue weighted by Gasteiger charge is -2.18. The second-order valence-electron chi connectivity index (χ2n) is 9.00. The van der Waals surface area contributed by atoms with Crippen LogP contribution in [-0.2, 0) is 17.5 Å². The SMILES string of the molecule is CCOC(=O)c1ccc(OCc2c(Cl)c(C(F)(F)F)nn2-c2cccc(C(=O)N(C)c3ccc4c(c3)OCO4)c2)cc1. The molecule has 0 spiro atoms. The molecule has 1 aliphatic heterocycles. The number of anilines is 1. The highest BCUT2D eigenvalue weighted by molar-refractivity contribution is 6.32. The zero-order valence-corrected chi connectivity index (χ0v) is 23.0. The maximum absolute atomic E-state index is 13.8. The van der Waals surface area contributed by atoms with E-state index in [1.807, 2.05) is 0 Å². The number of benzene rings is 3. The van der Waals surface area contributed by atoms with Crippen LogP contribution in [0.25, 0.3) is 5.69 Å². The van der Waals surface area contributed by atoms with Gasteiger partial charge in [-0.3, -0.25) is 4.79 Å². The van der Waals surface area contributed by atoms with Gasteiger partial charge in [-0.25, -0.2) is 9.48 Å². The van der Waals surface area contributed by atoms with Crippen molar-refractivity contribution in [2.45, 2.75) is 19.7 Å². The lowest BCUT2D eigenvalue weighted by molar-refractivity contribution is -0.141. The number of rotatable bonds is 8. The Labute approximate surface area is 242 Å². The molecule has 0 bridgehead atoms. The Bertz CT molecular complexity index is 1640. The van der Waals surface area contributed by atoms with Crippen LogP contribution in [0.2, 0.25) is 5.02 Å². The largest absolute Gasteiger partial charge is 0.487 e. The number of esters is 1. The van der Waals surface area contributed by atoms with Crippen molar-refractivity contribution in [3.63, 3.8) is 0 Å². The zero-order chi connectivity index (χ0) is 30.0. The average Bonchev–Trinajstić information content (AvgIpc) is 3.59. The van der Waals surface area contributed by atoms with Crippen LogP contribution in [0.15, 0.2) is 66.7 Å². The maximum atomic E-state index is 13.8. The van der Waals surface area contributed by atoms with Crippen molar-refractivity contribution in [3.05, 3.63) is 94.3 Å². The van der Waals surface area contributed by atoms with Gasteiger partial charge in [0.1, 0.15) is 18.1 Å². The number of hydrogen-bond donors (Lipinski definition) is 0. The highest BCUT2D eigenvalue weighted by Crippen LogP contribution is 2.38. The van der Waals surface area contributed by atoms with Crippen LogP contribution in [0, 0.1) is 0 Å². The summed E-state index contributed by atoms with van der Waals surface area (Å²) in [7, 11) is 1.56. The summed E-state index contributed by atoms with van der Waals surface area (Å²) in [5.41, 5.74) is -0.220. The summed E-state index contributed by atoms with van der Waals surface area (Å²) < 4.78 is 63.7. The van der Waals surface area contributed by atoms with Crippen molar-refractivity contribution in [2.24, 2.45) is 0 Å². The van der Waals surface area contributed by atoms with Gasteiger partial charge in [0.15, 0.2) is 17.2 Å². The predicted octanol–water partition coefficient (Wildman–Crippen LogP) is 6.31. The maximum Gasteiger partial charge on any atom is 0.436 e. The fourth-order valence-electron chi connectivity index (χ4n) is 4.18. The molecular formula is C29H23ClF3N3O6. The third-order valence-electron chi connectivity index (χ3n) is 6.31. The summed E-state index contributed by atoms with van der Waals surface area (Å²) in [6, 6.07) is 16.9. The van der Waals surface area contributed by atoms with Crippen molar-refractivity contribution >= 4 is 29.2 Å². The third kappa shape index (κ3) is 5.84. The Hall–Kier alpha value is -4.71. The van der Waals surface area contributed by atoms with Crippen molar-refractivity contribution in [2.75, 3.05) is 25.3 Å². The second-order valence-corrected chi connectivity index (χ2v) is 9.38. The van der Waals surface area contributed by atoms with Crippen LogP contribution in [0.4, 0.5) is 18.9 Å². The Morgan fingerprint density at radius 2 is 1.76 bits per heavy atom. The summed E-state index contributed by atoms with van der Waals surface area (Å²) in [6.45, 7) is 1.58. The number of ether oxygens (including phenoxy) is 4. The van der Waals surface area contributed by atoms with E-state index in [2.05, 4.69) is 5.10 Å². The molecule has 3 aromatic carbocycles. The number of nitrogens with zero attached hydrogens (tertiary/aromatic N) is 3. The van der Waals surface area contributed by atoms with Crippen molar-refractivity contribution < 1.29 is 41.7 Å². The molecule has 0 saturated heterocycles. The van der Waals surface area contributed by atoms with Gasteiger partial charge in [0.2, 0.25) is 6.79 Å². The van der Waals surface area contributed by atoms with Gasteiger partial charge in [-0.2, -0.15) is 18.3 Å². The zero-order valence-electron chi connectivity index (χ0n) is 22.3. The topological polar surface area (TPSA) is 92.1 Å². The fourth-order valence-corrected chi connectivity index (χ4v) is 4.46. The van der Waals surface area contributed by atoms with E-state index in [1.54, 1.807) is 32.2 Å². The molecule has 5 rings (SSSR count). The van der Waals surface area contributed by atoms with Crippen LogP contribution in [-0.4, -0.2) is 42.1 Å². The van der Waals surface area contributed by atoms with E-state index >= 15 is 0 Å². The molecule has 42 heavy (non-hydrogen) atoms. The predicted molar refractivity (Wildman–Crippen MR) is 146 cm³/mol. The number of alkyl halides is 3. The molecule has 4 aromatic rings. The van der Waals surface area contributed by atoms with Gasteiger partial charge >= 0.3 is 12.1 Å². The standard InChI is InChI=1S/C29H23ClF3N3O6/c1-3-39-28(38)17-7-10-21(11-8-17)40-15-22-25(30)26(29(31,32)33)34-36(22)20-6-4-5-18(13-20)27(37)35(2)19-9-12-23-24(14-19)42-16-41-23/h4-14H,3,15-16H2,1-2H3. The lowest BCUT2D eigenvalue weighted by Crippen LogP contribution is -2.26. The molecule has 1 amide bonds. The number of fused-ring (bicyclic) bond motifs is 1. The minimum absolute atomic E-state index is 0.0792. The number of hydrogen-bond acceptors (Lipinski definition) is 7. The van der Waals surface area contributed by atoms with Crippen LogP contribution >= 0.6 is 11.6 Å². The Morgan fingerprint density at radius 1 is 1.02 bits per heavy atom. The van der Waals surface area contributed by atoms with Crippen molar-refractivity contribution in [1.82, 2.24) is 9.78 Å². The fraction of sp³-hybridized carbons (Fsp3) is 0.207. The molecule has 0 atom stereocenters. The first kappa shape index (κ1) is 28.8. The summed E-state index contributed by atoms with van der Waals surface area (Å²) in [5, 5.41) is 3.09. The molecule has 1 aromatic heterocycles. The van der Waals surface area contributed by atoms with Crippen LogP contribution in [0.5, 0.6) is 17.2 Å². The molecular weight excluding hydrogens is 579 g/mol. The van der Waals surface area contributed by atoms with E-state index in [0.717, 1.165) is 4.68 Å². The van der Waals surface area contributed by atoms with Gasteiger partial charge in [0.05, 0.1) is 22.9 Å². The highest BCUT2D eigenvalue weighted by atomic mass is 35.5. The number of halogens is 4. The molecule has 0 fully saturated rings. The number of amides is 1. The first-order valence-corrected chi connectivity index (χ1v) is 13.0. The Balaban J connectivity index is 1.42. The van der Waals surface area contributed by atoms with Gasteiger partial charge in [0, 0.05) is 24.4 Å². The average molecular weight is 602 g/mol. The molecule has 9 nitrogen and oxygen atoms in total. The molecule has 13 heteroatoms. The van der Waals surface area contributed by atoms with Crippen LogP contribution in [0.3, 0.4) is 0 Å². The van der Waals surface area contributed by atoms with E-state index in [9.17, 15) is 22.8 Å². The van der Waals surface area contributed by atoms with Crippen molar-refractivity contribution in [3.8, 4) is 22.9 Å². The first-order valence-electron chi connectivity index (χ1n) is 12.6. The molecule has 0 radical (unpaired) electrons. The molecule has 218 valence electrons. The second kappa shape index (κ2) is 11.6. The molecule has 2 heterocycles. The Morgan fingerprint density at radius 3 is 2.48 bits per heavy atom. The number of carbonyl (C=O) groups is 2. The summed E-state index contributed by atoms with van der Waals surface area (Å²) >= 11 is 6.17. The van der Waals surface area contributed by atoms with Gasteiger partial charge in [-0.1, -0.05) is 17.7 Å². The third-order valence-corrected chi connectivity index (χ3v) is 6.71. The smallest absolute Gasteiger partial charge is 0.436 e. The van der Waals surface area contributed by atoms with Gasteiger partial charge in [-0.15, -0.1) is 0 Å². The van der Waals surface area contributed by atoms with E-state index in [-0.39, 0.29) is 36.1 Å². The molecule has 0 aliphatic carbocycles. The minimum atomic E-state index is -4.84. The van der Waals surface area contributed by atoms with E-state index < -0.39 is 35.4 Å². The summed E-state index contributed by atoms with van der Waals surface area (Å²) in [5.74, 6) is 0.382. The summed E-state index contributed by atoms with van der Waals surface area (Å²) in [4.78, 5) is 26.6. The highest BCUT2D eigenvalue weighted by Gasteiger charge is 2.39. The van der Waals surface area contributed by atoms with E-state index in [4.69, 9.17) is 30.5 Å². The van der Waals surface area contributed by atoms with Gasteiger partial charge < -0.3 is 23.8 Å². The van der Waals surface area contributed by atoms with E-state index in [1.165, 1.54) is 53.4 Å². The lowest BCUT2D eigenvalue weighted by atomic mass is 10.1. The number of aromatic nitrogens is 2. The summed E-state index contributed by atoms with van der Waals surface area (Å²) in [6.07, 6.45) is -4.84. The van der Waals surface area contributed by atoms with E-state index in [0.29, 0.717) is 22.7 Å². The number of carbonyl (C=O) groups excluding carboxylic acids is 2. The molecule has 1 aliphatic rings. The first-order chi connectivity index (χ1) is 20.1. The van der Waals surface area contributed by atoms with Crippen LogP contribution in [0.1, 0.15) is 39.0 Å². The van der Waals surface area contributed by atoms with Crippen LogP contribution < -0.4 is 19.1 Å². The normalized spacial score (nSPS) is 12.2. The quantitative estimate of drug-likeness (QED) is 0.219. The molecule has 0 N–H and O–H groups in total. The Kier molecular flexibility index (Phi) is 7.99. The van der Waals surface area contributed by atoms with Gasteiger partial charge in [-0.05, 0) is 61.5 Å². The molecule has 0 saturated carbocycles. The monoisotopic (exact) mass is 601 g/mol. The molecule has 0 unspecified atom stereocenters. The van der Waals surface area contributed by atoms with Crippen molar-refractivity contribution in [1.29, 1.82) is 0 Å². The minimum Gasteiger partial charge on any atom is -0.487 e.